The lowest BCUT2D eigenvalue weighted by Crippen LogP contribution is -2.11. The molecule has 0 aliphatic heterocycles. The van der Waals surface area contributed by atoms with Gasteiger partial charge in [0.05, 0.1) is 22.4 Å². The van der Waals surface area contributed by atoms with Gasteiger partial charge in [0, 0.05) is 36.5 Å². The van der Waals surface area contributed by atoms with Gasteiger partial charge in [-0.1, -0.05) is 103 Å². The molecule has 4 nitrogen and oxygen atoms in total. The van der Waals surface area contributed by atoms with Gasteiger partial charge in [-0.15, -0.1) is 11.3 Å². The number of rotatable bonds is 4. The Labute approximate surface area is 290 Å². The SMILES string of the molecule is c1ccc2cc(-c3nc4c(o3)c(N(c3cccc5oc6ccccc6c35)c3cccc5sc6ccccc6c35)cc3ccccc34)ccc2c1. The minimum absolute atomic E-state index is 0.592. The summed E-state index contributed by atoms with van der Waals surface area (Å²) in [6.07, 6.45) is 0. The van der Waals surface area contributed by atoms with E-state index in [1.807, 2.05) is 23.5 Å². The summed E-state index contributed by atoms with van der Waals surface area (Å²) in [7, 11) is 0. The molecule has 50 heavy (non-hydrogen) atoms. The Bertz CT molecular complexity index is 3020. The van der Waals surface area contributed by atoms with Crippen molar-refractivity contribution in [2.45, 2.75) is 0 Å². The number of furan rings is 1. The first-order valence-electron chi connectivity index (χ1n) is 16.7. The lowest BCUT2D eigenvalue weighted by atomic mass is 10.0. The van der Waals surface area contributed by atoms with E-state index in [4.69, 9.17) is 13.8 Å². The van der Waals surface area contributed by atoms with Gasteiger partial charge in [-0.2, -0.15) is 0 Å². The van der Waals surface area contributed by atoms with Crippen LogP contribution in [0.5, 0.6) is 0 Å². The van der Waals surface area contributed by atoms with Crippen molar-refractivity contribution in [1.82, 2.24) is 4.98 Å². The third-order valence-electron chi connectivity index (χ3n) is 9.85. The minimum atomic E-state index is 0.592. The van der Waals surface area contributed by atoms with Crippen molar-refractivity contribution in [1.29, 1.82) is 0 Å². The molecule has 0 N–H and O–H groups in total. The summed E-state index contributed by atoms with van der Waals surface area (Å²) in [5, 5.41) is 9.01. The van der Waals surface area contributed by atoms with E-state index < -0.39 is 0 Å². The molecule has 3 heterocycles. The highest BCUT2D eigenvalue weighted by atomic mass is 32.1. The maximum atomic E-state index is 6.95. The Hall–Kier alpha value is -6.43. The van der Waals surface area contributed by atoms with Gasteiger partial charge in [-0.25, -0.2) is 4.98 Å². The van der Waals surface area contributed by atoms with Crippen LogP contribution in [0.2, 0.25) is 0 Å². The molecule has 8 aromatic carbocycles. The number of fused-ring (bicyclic) bond motifs is 10. The predicted molar refractivity (Wildman–Crippen MR) is 209 cm³/mol. The van der Waals surface area contributed by atoms with E-state index >= 15 is 0 Å². The largest absolute Gasteiger partial charge is 0.456 e. The number of para-hydroxylation sites is 1. The first kappa shape index (κ1) is 27.5. The molecule has 5 heteroatoms. The fraction of sp³-hybridized carbons (Fsp3) is 0. The molecule has 11 rings (SSSR count). The summed E-state index contributed by atoms with van der Waals surface area (Å²) >= 11 is 1.82. The quantitative estimate of drug-likeness (QED) is 0.189. The standard InChI is InChI=1S/C45H26N2O2S/c1-2-12-28-25-30(24-23-27(28)11-1)45-46-43-31-14-4-3-13-29(31)26-36(44(43)49-45)47(34-17-9-20-38-41(34)32-15-5-7-19-37(32)48-38)35-18-10-22-40-42(35)33-16-6-8-21-39(33)50-40/h1-26H. The second-order valence-electron chi connectivity index (χ2n) is 12.7. The molecule has 0 bridgehead atoms. The lowest BCUT2D eigenvalue weighted by molar-refractivity contribution is 0.620. The number of oxazole rings is 1. The molecule has 3 aromatic heterocycles. The summed E-state index contributed by atoms with van der Waals surface area (Å²) in [6.45, 7) is 0. The number of hydrogen-bond donors (Lipinski definition) is 0. The van der Waals surface area contributed by atoms with Crippen LogP contribution < -0.4 is 4.90 Å². The van der Waals surface area contributed by atoms with Crippen LogP contribution in [0.15, 0.2) is 167 Å². The van der Waals surface area contributed by atoms with Crippen molar-refractivity contribution in [2.24, 2.45) is 0 Å². The van der Waals surface area contributed by atoms with Gasteiger partial charge in [0.2, 0.25) is 5.89 Å². The zero-order valence-electron chi connectivity index (χ0n) is 26.6. The molecule has 0 spiro atoms. The molecule has 0 unspecified atom stereocenters. The maximum Gasteiger partial charge on any atom is 0.227 e. The molecule has 0 aliphatic carbocycles. The Morgan fingerprint density at radius 1 is 0.460 bits per heavy atom. The number of thiophene rings is 1. The third kappa shape index (κ3) is 4.01. The highest BCUT2D eigenvalue weighted by Crippen LogP contribution is 2.50. The second kappa shape index (κ2) is 10.5. The van der Waals surface area contributed by atoms with E-state index in [0.29, 0.717) is 5.89 Å². The van der Waals surface area contributed by atoms with E-state index in [-0.39, 0.29) is 0 Å². The highest BCUT2D eigenvalue weighted by molar-refractivity contribution is 7.26. The third-order valence-corrected chi connectivity index (χ3v) is 11.0. The van der Waals surface area contributed by atoms with Crippen LogP contribution in [-0.2, 0) is 0 Å². The Morgan fingerprint density at radius 3 is 2.04 bits per heavy atom. The van der Waals surface area contributed by atoms with Crippen molar-refractivity contribution in [3.05, 3.63) is 158 Å². The van der Waals surface area contributed by atoms with Gasteiger partial charge in [0.25, 0.3) is 0 Å². The molecule has 0 saturated heterocycles. The molecule has 0 radical (unpaired) electrons. The zero-order valence-corrected chi connectivity index (χ0v) is 27.4. The van der Waals surface area contributed by atoms with Gasteiger partial charge >= 0.3 is 0 Å². The van der Waals surface area contributed by atoms with E-state index in [9.17, 15) is 0 Å². The monoisotopic (exact) mass is 658 g/mol. The molecule has 11 aromatic rings. The van der Waals surface area contributed by atoms with Gasteiger partial charge in [0.15, 0.2) is 5.58 Å². The summed E-state index contributed by atoms with van der Waals surface area (Å²) in [6, 6.07) is 55.4. The average molecular weight is 659 g/mol. The van der Waals surface area contributed by atoms with Crippen LogP contribution in [0.1, 0.15) is 0 Å². The van der Waals surface area contributed by atoms with E-state index in [1.54, 1.807) is 0 Å². The van der Waals surface area contributed by atoms with Crippen molar-refractivity contribution < 1.29 is 8.83 Å². The smallest absolute Gasteiger partial charge is 0.227 e. The van der Waals surface area contributed by atoms with E-state index in [2.05, 4.69) is 150 Å². The van der Waals surface area contributed by atoms with Crippen LogP contribution in [0.25, 0.3) is 86.2 Å². The Balaban J connectivity index is 1.28. The molecular formula is C45H26N2O2S. The fourth-order valence-electron chi connectivity index (χ4n) is 7.61. The van der Waals surface area contributed by atoms with E-state index in [1.165, 1.54) is 25.6 Å². The first-order valence-corrected chi connectivity index (χ1v) is 17.5. The summed E-state index contributed by atoms with van der Waals surface area (Å²) in [5.41, 5.74) is 7.19. The number of aromatic nitrogens is 1. The van der Waals surface area contributed by atoms with Crippen molar-refractivity contribution in [2.75, 3.05) is 4.90 Å². The van der Waals surface area contributed by atoms with Gasteiger partial charge < -0.3 is 13.7 Å². The zero-order chi connectivity index (χ0) is 32.8. The van der Waals surface area contributed by atoms with Crippen LogP contribution in [0, 0.1) is 0 Å². The van der Waals surface area contributed by atoms with Crippen LogP contribution in [0.3, 0.4) is 0 Å². The molecule has 0 fully saturated rings. The molecule has 0 aliphatic rings. The summed E-state index contributed by atoms with van der Waals surface area (Å²) in [5.74, 6) is 0.592. The normalized spacial score (nSPS) is 12.0. The Kier molecular flexibility index (Phi) is 5.80. The molecule has 234 valence electrons. The minimum Gasteiger partial charge on any atom is -0.456 e. The van der Waals surface area contributed by atoms with Crippen molar-refractivity contribution in [3.63, 3.8) is 0 Å². The molecular weight excluding hydrogens is 633 g/mol. The van der Waals surface area contributed by atoms with Crippen molar-refractivity contribution in [3.8, 4) is 11.5 Å². The number of anilines is 3. The number of hydrogen-bond acceptors (Lipinski definition) is 5. The number of nitrogens with zero attached hydrogens (tertiary/aromatic N) is 2. The average Bonchev–Trinajstić information content (AvgIpc) is 3.89. The second-order valence-corrected chi connectivity index (χ2v) is 13.8. The first-order chi connectivity index (χ1) is 24.8. The summed E-state index contributed by atoms with van der Waals surface area (Å²) in [4.78, 5) is 7.61. The fourth-order valence-corrected chi connectivity index (χ4v) is 8.74. The van der Waals surface area contributed by atoms with Crippen LogP contribution in [-0.4, -0.2) is 4.98 Å². The van der Waals surface area contributed by atoms with Crippen molar-refractivity contribution >= 4 is 103 Å². The lowest BCUT2D eigenvalue weighted by Gasteiger charge is -2.27. The van der Waals surface area contributed by atoms with Gasteiger partial charge in [0.1, 0.15) is 16.7 Å². The molecule has 0 saturated carbocycles. The predicted octanol–water partition coefficient (Wildman–Crippen LogP) is 13.5. The summed E-state index contributed by atoms with van der Waals surface area (Å²) < 4.78 is 15.9. The topological polar surface area (TPSA) is 42.4 Å². The van der Waals surface area contributed by atoms with Crippen LogP contribution in [0.4, 0.5) is 17.1 Å². The highest BCUT2D eigenvalue weighted by Gasteiger charge is 2.27. The van der Waals surface area contributed by atoms with Crippen LogP contribution >= 0.6 is 11.3 Å². The van der Waals surface area contributed by atoms with Gasteiger partial charge in [-0.3, -0.25) is 0 Å². The Morgan fingerprint density at radius 2 is 1.14 bits per heavy atom. The van der Waals surface area contributed by atoms with E-state index in [0.717, 1.165) is 71.8 Å². The van der Waals surface area contributed by atoms with Gasteiger partial charge in [-0.05, 0) is 70.8 Å². The maximum absolute atomic E-state index is 6.95. The molecule has 0 atom stereocenters. The number of benzene rings is 8. The molecule has 0 amide bonds.